The van der Waals surface area contributed by atoms with Crippen LogP contribution in [0.1, 0.15) is 67.4 Å². The quantitative estimate of drug-likeness (QED) is 0.0176. The fourth-order valence-electron chi connectivity index (χ4n) is 8.15. The SMILES string of the molecule is COCCO[C@H]1[C@@H](OP(O)(O)(OCCC#N)N(NC(C)C)NC(C)C)[C@H](n2cnc3c(NC(=O)c4ccccc4)ncnc32)O[C@@H]1COC(c1ccccc1)(c1ccc(OC)cc1)c1ccc(OC)cc1. The Bertz CT molecular complexity index is 2640. The second kappa shape index (κ2) is 23.5. The number of aromatic nitrogens is 4. The maximum absolute atomic E-state index is 13.4. The molecule has 1 amide bonds. The number of nitriles is 1. The monoisotopic (exact) mass is 995 g/mol. The van der Waals surface area contributed by atoms with Crippen LogP contribution in [0.4, 0.5) is 5.82 Å². The van der Waals surface area contributed by atoms with E-state index < -0.39 is 62.4 Å². The molecule has 2 aromatic heterocycles. The fourth-order valence-corrected chi connectivity index (χ4v) is 10.3. The van der Waals surface area contributed by atoms with Crippen molar-refractivity contribution in [3.63, 3.8) is 0 Å². The summed E-state index contributed by atoms with van der Waals surface area (Å²) in [4.78, 5) is 53.8. The molecule has 4 aromatic carbocycles. The van der Waals surface area contributed by atoms with Gasteiger partial charge in [0.15, 0.2) is 0 Å². The van der Waals surface area contributed by atoms with Crippen LogP contribution in [0, 0.1) is 11.3 Å². The predicted molar refractivity (Wildman–Crippen MR) is 264 cm³/mol. The molecule has 0 saturated carbocycles. The zero-order valence-electron chi connectivity index (χ0n) is 40.7. The Morgan fingerprint density at radius 2 is 1.39 bits per heavy atom. The van der Waals surface area contributed by atoms with Crippen molar-refractivity contribution in [1.82, 2.24) is 35.3 Å². The van der Waals surface area contributed by atoms with E-state index in [-0.39, 0.29) is 43.2 Å². The molecule has 5 N–H and O–H groups in total. The second-order valence-electron chi connectivity index (χ2n) is 17.1. The van der Waals surface area contributed by atoms with E-state index in [4.69, 9.17) is 37.5 Å². The molecule has 0 aliphatic carbocycles. The summed E-state index contributed by atoms with van der Waals surface area (Å²) in [7, 11) is -1.48. The van der Waals surface area contributed by atoms with E-state index in [1.54, 1.807) is 72.2 Å². The molecule has 7 rings (SSSR count). The number of amides is 1. The van der Waals surface area contributed by atoms with Gasteiger partial charge in [-0.1, -0.05) is 6.07 Å². The molecule has 378 valence electrons. The first-order chi connectivity index (χ1) is 34.2. The third-order valence-corrected chi connectivity index (χ3v) is 13.5. The number of nitrogens with one attached hydrogen (secondary N) is 3. The van der Waals surface area contributed by atoms with Crippen molar-refractivity contribution in [3.05, 3.63) is 144 Å². The van der Waals surface area contributed by atoms with E-state index in [9.17, 15) is 19.8 Å². The number of fused-ring (bicyclic) bond motifs is 1. The summed E-state index contributed by atoms with van der Waals surface area (Å²) in [6, 6.07) is 34.7. The number of ether oxygens (including phenoxy) is 6. The molecule has 4 atom stereocenters. The van der Waals surface area contributed by atoms with Gasteiger partial charge in [-0.3, -0.25) is 0 Å². The number of hydrogen-bond donors (Lipinski definition) is 5. The molecule has 1 fully saturated rings. The number of imidazole rings is 1. The summed E-state index contributed by atoms with van der Waals surface area (Å²) in [6.07, 6.45) is -2.60. The van der Waals surface area contributed by atoms with Gasteiger partial charge in [-0.25, -0.2) is 0 Å². The number of hydrogen-bond acceptors (Lipinski definition) is 18. The van der Waals surface area contributed by atoms with E-state index >= 15 is 0 Å². The Morgan fingerprint density at radius 3 is 1.96 bits per heavy atom. The van der Waals surface area contributed by atoms with Gasteiger partial charge in [0.2, 0.25) is 0 Å². The molecule has 21 heteroatoms. The Morgan fingerprint density at radius 1 is 0.803 bits per heavy atom. The van der Waals surface area contributed by atoms with Crippen LogP contribution in [0.3, 0.4) is 0 Å². The normalized spacial score (nSPS) is 17.9. The van der Waals surface area contributed by atoms with Crippen LogP contribution in [0.2, 0.25) is 0 Å². The summed E-state index contributed by atoms with van der Waals surface area (Å²) in [5, 5.41) is 12.4. The Hall–Kier alpha value is -6.02. The van der Waals surface area contributed by atoms with Crippen LogP contribution < -0.4 is 25.6 Å². The third kappa shape index (κ3) is 12.0. The van der Waals surface area contributed by atoms with Crippen molar-refractivity contribution in [3.8, 4) is 17.6 Å². The number of carbonyl (C=O) groups is 1. The summed E-state index contributed by atoms with van der Waals surface area (Å²) in [5.74, 6) is 0.949. The minimum atomic E-state index is -6.20. The molecule has 0 radical (unpaired) electrons. The van der Waals surface area contributed by atoms with E-state index in [0.29, 0.717) is 17.1 Å². The molecule has 3 heterocycles. The third-order valence-electron chi connectivity index (χ3n) is 11.4. The van der Waals surface area contributed by atoms with Gasteiger partial charge >= 0.3 is 394 Å². The van der Waals surface area contributed by atoms with E-state index in [2.05, 4.69) is 31.1 Å². The molecule has 1 saturated heterocycles. The molecule has 6 aromatic rings. The van der Waals surface area contributed by atoms with Crippen molar-refractivity contribution in [1.29, 1.82) is 5.26 Å². The van der Waals surface area contributed by atoms with Crippen molar-refractivity contribution in [2.45, 2.75) is 76.3 Å². The number of rotatable bonds is 25. The number of methoxy groups -OCH3 is 3. The van der Waals surface area contributed by atoms with Crippen LogP contribution >= 0.6 is 7.66 Å². The van der Waals surface area contributed by atoms with Crippen LogP contribution in [0.15, 0.2) is 122 Å². The van der Waals surface area contributed by atoms with Gasteiger partial charge in [0, 0.05) is 0 Å². The molecular formula is C50H62N9O11P. The summed E-state index contributed by atoms with van der Waals surface area (Å²) < 4.78 is 51.9. The first-order valence-electron chi connectivity index (χ1n) is 23.1. The van der Waals surface area contributed by atoms with Crippen molar-refractivity contribution in [2.75, 3.05) is 53.1 Å². The van der Waals surface area contributed by atoms with Gasteiger partial charge in [-0.05, 0) is 0 Å². The molecule has 20 nitrogen and oxygen atoms in total. The molecule has 0 unspecified atom stereocenters. The zero-order chi connectivity index (χ0) is 50.6. The van der Waals surface area contributed by atoms with Crippen molar-refractivity contribution >= 4 is 30.6 Å². The van der Waals surface area contributed by atoms with Crippen molar-refractivity contribution < 1.29 is 52.1 Å². The van der Waals surface area contributed by atoms with Gasteiger partial charge in [0.05, 0.1) is 14.2 Å². The van der Waals surface area contributed by atoms with Gasteiger partial charge in [-0.2, -0.15) is 0 Å². The average molecular weight is 996 g/mol. The maximum atomic E-state index is 13.4. The molecule has 0 bridgehead atoms. The van der Waals surface area contributed by atoms with Crippen LogP contribution in [-0.4, -0.2) is 118 Å². The summed E-state index contributed by atoms with van der Waals surface area (Å²) >= 11 is 0. The van der Waals surface area contributed by atoms with E-state index in [1.807, 2.05) is 84.9 Å². The summed E-state index contributed by atoms with van der Waals surface area (Å²) in [6.45, 7) is 6.66. The van der Waals surface area contributed by atoms with Crippen LogP contribution in [0.25, 0.3) is 11.2 Å². The molecular weight excluding hydrogens is 934 g/mol. The van der Waals surface area contributed by atoms with E-state index in [0.717, 1.165) is 21.6 Å². The van der Waals surface area contributed by atoms with Crippen LogP contribution in [-0.2, 0) is 33.6 Å². The Kier molecular flexibility index (Phi) is 17.5. The fraction of sp³-hybridized carbons (Fsp3) is 0.380. The topological polar surface area (TPSA) is 238 Å². The first kappa shape index (κ1) is 52.8. The number of benzene rings is 4. The number of anilines is 1. The summed E-state index contributed by atoms with van der Waals surface area (Å²) in [5.41, 5.74) is 7.77. The van der Waals surface area contributed by atoms with Gasteiger partial charge in [0.1, 0.15) is 0 Å². The van der Waals surface area contributed by atoms with Crippen LogP contribution in [0.5, 0.6) is 11.5 Å². The Labute approximate surface area is 413 Å². The van der Waals surface area contributed by atoms with Gasteiger partial charge < -0.3 is 0 Å². The van der Waals surface area contributed by atoms with Gasteiger partial charge in [0.25, 0.3) is 0 Å². The second-order valence-corrected chi connectivity index (χ2v) is 19.6. The molecule has 0 spiro atoms. The molecule has 1 aliphatic rings. The Balaban J connectivity index is 1.40. The zero-order valence-corrected chi connectivity index (χ0v) is 41.6. The molecule has 1 aliphatic heterocycles. The number of carbonyl (C=O) groups excluding carboxylic acids is 1. The van der Waals surface area contributed by atoms with Crippen molar-refractivity contribution in [2.24, 2.45) is 0 Å². The number of hydrazine groups is 2. The first-order valence-corrected chi connectivity index (χ1v) is 25.0. The van der Waals surface area contributed by atoms with Gasteiger partial charge in [-0.15, -0.1) is 0 Å². The van der Waals surface area contributed by atoms with E-state index in [1.165, 1.54) is 24.3 Å². The number of nitrogens with zero attached hydrogens (tertiary/aromatic N) is 6. The molecule has 71 heavy (non-hydrogen) atoms. The minimum absolute atomic E-state index is 0.00277. The average Bonchev–Trinajstić information content (AvgIpc) is 3.95. The standard InChI is InChI=1S/C50H62N9O11P/c1-34(2)56-59(57-35(3)4)71(61,62,68-28-14-27-51)70-45-44(66-30-29-63-5)42(69-49(45)58-33-54-43-46(52-32-53-47(43)58)55-48(60)36-15-10-8-11-16-36)31-67-50(37-17-12-9-13-18-37,38-19-23-40(64-6)24-20-38)39-21-25-41(65-7)26-22-39/h8-13,15-26,32-35,42,44-45,49,56-57,61-62H,14,28-31H2,1-7H3,(H,52,53,55,60)/t42-,44-,45-,49-/m1/s1. The predicted octanol–water partition coefficient (Wildman–Crippen LogP) is 6.59.